The maximum atomic E-state index is 13.0. The number of benzene rings is 2. The number of halogens is 2. The van der Waals surface area contributed by atoms with Crippen molar-refractivity contribution in [3.05, 3.63) is 58.3 Å². The third kappa shape index (κ3) is 3.14. The highest BCUT2D eigenvalue weighted by atomic mass is 79.9. The van der Waals surface area contributed by atoms with Gasteiger partial charge in [0.15, 0.2) is 0 Å². The molecule has 0 heterocycles. The van der Waals surface area contributed by atoms with Crippen LogP contribution in [-0.4, -0.2) is 7.05 Å². The quantitative estimate of drug-likeness (QED) is 0.908. The Kier molecular flexibility index (Phi) is 4.22. The first-order chi connectivity index (χ1) is 8.99. The van der Waals surface area contributed by atoms with E-state index < -0.39 is 0 Å². The van der Waals surface area contributed by atoms with E-state index in [0.29, 0.717) is 0 Å². The van der Waals surface area contributed by atoms with Gasteiger partial charge in [-0.05, 0) is 48.9 Å². The third-order valence-electron chi connectivity index (χ3n) is 3.06. The van der Waals surface area contributed by atoms with Gasteiger partial charge in [0.2, 0.25) is 0 Å². The van der Waals surface area contributed by atoms with Gasteiger partial charge >= 0.3 is 0 Å². The monoisotopic (exact) mass is 322 g/mol. The summed E-state index contributed by atoms with van der Waals surface area (Å²) >= 11 is 3.47. The summed E-state index contributed by atoms with van der Waals surface area (Å²) in [4.78, 5) is 2.00. The molecule has 0 aliphatic rings. The second kappa shape index (κ2) is 5.72. The zero-order chi connectivity index (χ0) is 14.0. The molecule has 1 unspecified atom stereocenters. The van der Waals surface area contributed by atoms with Crippen molar-refractivity contribution in [1.29, 1.82) is 0 Å². The van der Waals surface area contributed by atoms with Crippen molar-refractivity contribution in [2.45, 2.75) is 13.0 Å². The average molecular weight is 323 g/mol. The molecule has 0 aromatic heterocycles. The van der Waals surface area contributed by atoms with Crippen molar-refractivity contribution in [1.82, 2.24) is 0 Å². The van der Waals surface area contributed by atoms with Crippen LogP contribution < -0.4 is 10.6 Å². The van der Waals surface area contributed by atoms with Crippen LogP contribution in [0.3, 0.4) is 0 Å². The van der Waals surface area contributed by atoms with Gasteiger partial charge in [-0.3, -0.25) is 0 Å². The highest BCUT2D eigenvalue weighted by Gasteiger charge is 2.12. The maximum absolute atomic E-state index is 13.0. The lowest BCUT2D eigenvalue weighted by Crippen LogP contribution is -2.15. The molecule has 2 aromatic rings. The molecule has 100 valence electrons. The van der Waals surface area contributed by atoms with E-state index in [2.05, 4.69) is 15.9 Å². The van der Waals surface area contributed by atoms with E-state index in [0.717, 1.165) is 21.4 Å². The summed E-state index contributed by atoms with van der Waals surface area (Å²) in [7, 11) is 1.95. The van der Waals surface area contributed by atoms with E-state index in [4.69, 9.17) is 5.73 Å². The Bertz CT molecular complexity index is 567. The first-order valence-electron chi connectivity index (χ1n) is 6.03. The van der Waals surface area contributed by atoms with Gasteiger partial charge in [-0.15, -0.1) is 0 Å². The summed E-state index contributed by atoms with van der Waals surface area (Å²) in [5, 5.41) is 0. The molecule has 2 rings (SSSR count). The van der Waals surface area contributed by atoms with E-state index in [9.17, 15) is 4.39 Å². The first kappa shape index (κ1) is 14.0. The number of rotatable bonds is 3. The predicted molar refractivity (Wildman–Crippen MR) is 81.2 cm³/mol. The molecule has 0 saturated carbocycles. The van der Waals surface area contributed by atoms with Gasteiger partial charge in [0.05, 0.1) is 0 Å². The minimum atomic E-state index is -0.237. The fraction of sp³-hybridized carbons (Fsp3) is 0.200. The molecular weight excluding hydrogens is 307 g/mol. The van der Waals surface area contributed by atoms with Crippen LogP contribution >= 0.6 is 15.9 Å². The van der Waals surface area contributed by atoms with Crippen LogP contribution in [0, 0.1) is 5.82 Å². The minimum absolute atomic E-state index is 0.0639. The van der Waals surface area contributed by atoms with Crippen LogP contribution in [0.15, 0.2) is 46.9 Å². The Morgan fingerprint density at radius 3 is 2.37 bits per heavy atom. The standard InChI is InChI=1S/C15H16BrFN2/c1-10(18)14-8-3-11(16)9-15(14)19(2)13-6-4-12(17)5-7-13/h3-10H,18H2,1-2H3. The third-order valence-corrected chi connectivity index (χ3v) is 3.55. The van der Waals surface area contributed by atoms with E-state index in [1.807, 2.05) is 37.1 Å². The van der Waals surface area contributed by atoms with E-state index in [1.165, 1.54) is 12.1 Å². The molecular formula is C15H16BrFN2. The molecule has 4 heteroatoms. The van der Waals surface area contributed by atoms with E-state index in [-0.39, 0.29) is 11.9 Å². The second-order valence-corrected chi connectivity index (χ2v) is 5.44. The minimum Gasteiger partial charge on any atom is -0.344 e. The Labute approximate surface area is 121 Å². The molecule has 0 radical (unpaired) electrons. The van der Waals surface area contributed by atoms with Crippen molar-refractivity contribution < 1.29 is 4.39 Å². The number of nitrogens with two attached hydrogens (primary N) is 1. The van der Waals surface area contributed by atoms with Gasteiger partial charge < -0.3 is 10.6 Å². The summed E-state index contributed by atoms with van der Waals surface area (Å²) < 4.78 is 14.0. The van der Waals surface area contributed by atoms with Gasteiger partial charge in [-0.25, -0.2) is 4.39 Å². The highest BCUT2D eigenvalue weighted by Crippen LogP contribution is 2.32. The van der Waals surface area contributed by atoms with Gasteiger partial charge in [0.1, 0.15) is 5.82 Å². The van der Waals surface area contributed by atoms with Crippen LogP contribution in [-0.2, 0) is 0 Å². The van der Waals surface area contributed by atoms with Crippen molar-refractivity contribution in [3.8, 4) is 0 Å². The molecule has 0 aliphatic carbocycles. The smallest absolute Gasteiger partial charge is 0.123 e. The number of anilines is 2. The van der Waals surface area contributed by atoms with Gasteiger partial charge in [0, 0.05) is 28.9 Å². The lowest BCUT2D eigenvalue weighted by molar-refractivity contribution is 0.628. The van der Waals surface area contributed by atoms with Gasteiger partial charge in [-0.2, -0.15) is 0 Å². The molecule has 0 aliphatic heterocycles. The number of nitrogens with zero attached hydrogens (tertiary/aromatic N) is 1. The lowest BCUT2D eigenvalue weighted by Gasteiger charge is -2.24. The van der Waals surface area contributed by atoms with Crippen molar-refractivity contribution in [3.63, 3.8) is 0 Å². The second-order valence-electron chi connectivity index (χ2n) is 4.53. The van der Waals surface area contributed by atoms with E-state index >= 15 is 0 Å². The largest absolute Gasteiger partial charge is 0.344 e. The zero-order valence-corrected chi connectivity index (χ0v) is 12.5. The fourth-order valence-corrected chi connectivity index (χ4v) is 2.35. The average Bonchev–Trinajstić information content (AvgIpc) is 2.38. The summed E-state index contributed by atoms with van der Waals surface area (Å²) in [6.45, 7) is 1.95. The Morgan fingerprint density at radius 2 is 1.79 bits per heavy atom. The summed E-state index contributed by atoms with van der Waals surface area (Å²) in [6.07, 6.45) is 0. The predicted octanol–water partition coefficient (Wildman–Crippen LogP) is 4.38. The van der Waals surface area contributed by atoms with Crippen LogP contribution in [0.2, 0.25) is 0 Å². The lowest BCUT2D eigenvalue weighted by atomic mass is 10.1. The van der Waals surface area contributed by atoms with Crippen LogP contribution in [0.5, 0.6) is 0 Å². The molecule has 0 spiro atoms. The number of hydrogen-bond acceptors (Lipinski definition) is 2. The van der Waals surface area contributed by atoms with Gasteiger partial charge in [0.25, 0.3) is 0 Å². The summed E-state index contributed by atoms with van der Waals surface area (Å²) in [5.41, 5.74) is 8.98. The molecule has 2 aromatic carbocycles. The Balaban J connectivity index is 2.45. The Morgan fingerprint density at radius 1 is 1.16 bits per heavy atom. The fourth-order valence-electron chi connectivity index (χ4n) is 2.00. The molecule has 1 atom stereocenters. The normalized spacial score (nSPS) is 12.3. The van der Waals surface area contributed by atoms with Crippen LogP contribution in [0.25, 0.3) is 0 Å². The molecule has 2 nitrogen and oxygen atoms in total. The summed E-state index contributed by atoms with van der Waals surface area (Å²) in [5.74, 6) is -0.237. The molecule has 0 fully saturated rings. The number of hydrogen-bond donors (Lipinski definition) is 1. The summed E-state index contributed by atoms with van der Waals surface area (Å²) in [6, 6.07) is 12.3. The maximum Gasteiger partial charge on any atom is 0.123 e. The highest BCUT2D eigenvalue weighted by molar-refractivity contribution is 9.10. The zero-order valence-electron chi connectivity index (χ0n) is 10.9. The van der Waals surface area contributed by atoms with Gasteiger partial charge in [-0.1, -0.05) is 22.0 Å². The molecule has 19 heavy (non-hydrogen) atoms. The topological polar surface area (TPSA) is 29.3 Å². The van der Waals surface area contributed by atoms with Crippen LogP contribution in [0.1, 0.15) is 18.5 Å². The molecule has 2 N–H and O–H groups in total. The van der Waals surface area contributed by atoms with Crippen LogP contribution in [0.4, 0.5) is 15.8 Å². The molecule has 0 amide bonds. The van der Waals surface area contributed by atoms with Crippen molar-refractivity contribution in [2.75, 3.05) is 11.9 Å². The van der Waals surface area contributed by atoms with Crippen molar-refractivity contribution in [2.24, 2.45) is 5.73 Å². The Hall–Kier alpha value is -1.39. The molecule has 0 bridgehead atoms. The molecule has 0 saturated heterocycles. The SMILES string of the molecule is CC(N)c1ccc(Br)cc1N(C)c1ccc(F)cc1. The first-order valence-corrected chi connectivity index (χ1v) is 6.82. The van der Waals surface area contributed by atoms with E-state index in [1.54, 1.807) is 12.1 Å². The van der Waals surface area contributed by atoms with Crippen molar-refractivity contribution >= 4 is 27.3 Å².